The number of imidazole rings is 1. The van der Waals surface area contributed by atoms with Gasteiger partial charge in [-0.1, -0.05) is 65.5 Å². The predicted molar refractivity (Wildman–Crippen MR) is 99.2 cm³/mol. The van der Waals surface area contributed by atoms with Gasteiger partial charge in [0, 0.05) is 12.1 Å². The highest BCUT2D eigenvalue weighted by molar-refractivity contribution is 7.98. The zero-order valence-electron chi connectivity index (χ0n) is 13.5. The molecule has 0 spiro atoms. The first-order valence-corrected chi connectivity index (χ1v) is 8.90. The van der Waals surface area contributed by atoms with Crippen molar-refractivity contribution < 1.29 is 4.52 Å². The highest BCUT2D eigenvalue weighted by Crippen LogP contribution is 2.27. The maximum Gasteiger partial charge on any atom is 0.237 e. The highest BCUT2D eigenvalue weighted by Gasteiger charge is 2.13. The molecule has 5 nitrogen and oxygen atoms in total. The van der Waals surface area contributed by atoms with E-state index in [1.54, 1.807) is 11.8 Å². The average Bonchev–Trinajstić information content (AvgIpc) is 3.26. The Hall–Kier alpha value is -2.86. The van der Waals surface area contributed by atoms with Gasteiger partial charge in [-0.15, -0.1) is 6.58 Å². The lowest BCUT2D eigenvalue weighted by atomic mass is 10.2. The molecule has 0 atom stereocenters. The number of benzene rings is 2. The van der Waals surface area contributed by atoms with Gasteiger partial charge < -0.3 is 9.09 Å². The lowest BCUT2D eigenvalue weighted by molar-refractivity contribution is 0.391. The first-order chi connectivity index (χ1) is 12.3. The molecule has 0 aliphatic heterocycles. The van der Waals surface area contributed by atoms with Crippen molar-refractivity contribution in [3.8, 4) is 11.4 Å². The lowest BCUT2D eigenvalue weighted by Gasteiger charge is -2.04. The molecule has 0 saturated carbocycles. The van der Waals surface area contributed by atoms with E-state index in [0.29, 0.717) is 24.0 Å². The number of nitrogens with zero attached hydrogens (tertiary/aromatic N) is 4. The molecule has 2 heterocycles. The van der Waals surface area contributed by atoms with Crippen LogP contribution >= 0.6 is 11.8 Å². The molecule has 0 fully saturated rings. The van der Waals surface area contributed by atoms with Gasteiger partial charge in [0.25, 0.3) is 0 Å². The van der Waals surface area contributed by atoms with Gasteiger partial charge in [0.1, 0.15) is 0 Å². The number of allylic oxidation sites excluding steroid dienone is 1. The molecule has 0 bridgehead atoms. The Labute approximate surface area is 149 Å². The molecular weight excluding hydrogens is 332 g/mol. The standard InChI is InChI=1S/C19H16N4OS/c1-2-12-23-16-11-7-6-10-15(16)20-19(23)25-13-17-21-18(22-24-17)14-8-4-3-5-9-14/h2-11H,1,12-13H2. The monoisotopic (exact) mass is 348 g/mol. The van der Waals surface area contributed by atoms with E-state index in [1.807, 2.05) is 54.6 Å². The predicted octanol–water partition coefficient (Wildman–Crippen LogP) is 4.56. The molecule has 6 heteroatoms. The fourth-order valence-corrected chi connectivity index (χ4v) is 3.47. The minimum absolute atomic E-state index is 0.570. The molecule has 0 unspecified atom stereocenters. The maximum atomic E-state index is 5.38. The summed E-state index contributed by atoms with van der Waals surface area (Å²) in [6, 6.07) is 17.9. The van der Waals surface area contributed by atoms with Crippen LogP contribution in [0, 0.1) is 0 Å². The van der Waals surface area contributed by atoms with Crippen LogP contribution in [0.2, 0.25) is 0 Å². The number of rotatable bonds is 6. The number of para-hydroxylation sites is 2. The van der Waals surface area contributed by atoms with Crippen molar-refractivity contribution in [2.24, 2.45) is 0 Å². The van der Waals surface area contributed by atoms with Crippen LogP contribution in [-0.2, 0) is 12.3 Å². The summed E-state index contributed by atoms with van der Waals surface area (Å²) in [6.45, 7) is 4.55. The number of hydrogen-bond donors (Lipinski definition) is 0. The van der Waals surface area contributed by atoms with Gasteiger partial charge in [-0.2, -0.15) is 4.98 Å². The molecule has 0 saturated heterocycles. The first-order valence-electron chi connectivity index (χ1n) is 7.92. The molecular formula is C19H16N4OS. The van der Waals surface area contributed by atoms with Crippen molar-refractivity contribution in [2.75, 3.05) is 0 Å². The van der Waals surface area contributed by atoms with E-state index in [4.69, 9.17) is 9.51 Å². The summed E-state index contributed by atoms with van der Waals surface area (Å²) in [4.78, 5) is 9.17. The lowest BCUT2D eigenvalue weighted by Crippen LogP contribution is -1.97. The van der Waals surface area contributed by atoms with E-state index in [-0.39, 0.29) is 0 Å². The van der Waals surface area contributed by atoms with Crippen molar-refractivity contribution >= 4 is 22.8 Å². The molecule has 2 aromatic heterocycles. The quantitative estimate of drug-likeness (QED) is 0.377. The molecule has 4 aromatic rings. The Morgan fingerprint density at radius 1 is 1.04 bits per heavy atom. The van der Waals surface area contributed by atoms with E-state index in [2.05, 4.69) is 27.4 Å². The van der Waals surface area contributed by atoms with Crippen LogP contribution in [0.4, 0.5) is 0 Å². The second kappa shape index (κ2) is 6.94. The summed E-state index contributed by atoms with van der Waals surface area (Å²) in [5.74, 6) is 1.76. The molecule has 25 heavy (non-hydrogen) atoms. The summed E-state index contributed by atoms with van der Waals surface area (Å²) >= 11 is 1.58. The number of thioether (sulfide) groups is 1. The minimum Gasteiger partial charge on any atom is -0.338 e. The number of fused-ring (bicyclic) bond motifs is 1. The van der Waals surface area contributed by atoms with E-state index < -0.39 is 0 Å². The first kappa shape index (κ1) is 15.7. The van der Waals surface area contributed by atoms with Gasteiger partial charge >= 0.3 is 0 Å². The van der Waals surface area contributed by atoms with Crippen LogP contribution in [0.1, 0.15) is 5.89 Å². The Bertz CT molecular complexity index is 1010. The Kier molecular flexibility index (Phi) is 4.35. The SMILES string of the molecule is C=CCn1c(SCc2nc(-c3ccccc3)no2)nc2ccccc21. The molecule has 0 amide bonds. The second-order valence-electron chi connectivity index (χ2n) is 5.45. The number of aromatic nitrogens is 4. The van der Waals surface area contributed by atoms with Crippen molar-refractivity contribution in [3.05, 3.63) is 73.1 Å². The summed E-state index contributed by atoms with van der Waals surface area (Å²) < 4.78 is 7.52. The van der Waals surface area contributed by atoms with Crippen LogP contribution in [0.5, 0.6) is 0 Å². The normalized spacial score (nSPS) is 11.0. The van der Waals surface area contributed by atoms with E-state index >= 15 is 0 Å². The largest absolute Gasteiger partial charge is 0.338 e. The molecule has 2 aromatic carbocycles. The molecule has 4 rings (SSSR count). The van der Waals surface area contributed by atoms with Crippen LogP contribution < -0.4 is 0 Å². The minimum atomic E-state index is 0.570. The summed E-state index contributed by atoms with van der Waals surface area (Å²) in [7, 11) is 0. The maximum absolute atomic E-state index is 5.38. The molecule has 0 aliphatic carbocycles. The van der Waals surface area contributed by atoms with Gasteiger partial charge in [0.15, 0.2) is 5.16 Å². The summed E-state index contributed by atoms with van der Waals surface area (Å²) in [6.07, 6.45) is 1.87. The second-order valence-corrected chi connectivity index (χ2v) is 6.39. The molecule has 124 valence electrons. The Balaban J connectivity index is 1.56. The van der Waals surface area contributed by atoms with E-state index in [0.717, 1.165) is 21.8 Å². The van der Waals surface area contributed by atoms with Crippen LogP contribution in [0.25, 0.3) is 22.4 Å². The zero-order valence-corrected chi connectivity index (χ0v) is 14.3. The highest BCUT2D eigenvalue weighted by atomic mass is 32.2. The molecule has 0 N–H and O–H groups in total. The van der Waals surface area contributed by atoms with Crippen molar-refractivity contribution in [3.63, 3.8) is 0 Å². The zero-order chi connectivity index (χ0) is 17.1. The van der Waals surface area contributed by atoms with Crippen LogP contribution in [0.15, 0.2) is 76.9 Å². The van der Waals surface area contributed by atoms with Gasteiger partial charge in [0.05, 0.1) is 16.8 Å². The van der Waals surface area contributed by atoms with Gasteiger partial charge in [-0.05, 0) is 12.1 Å². The van der Waals surface area contributed by atoms with Crippen molar-refractivity contribution in [1.29, 1.82) is 0 Å². The smallest absolute Gasteiger partial charge is 0.237 e. The average molecular weight is 348 g/mol. The van der Waals surface area contributed by atoms with E-state index in [9.17, 15) is 0 Å². The summed E-state index contributed by atoms with van der Waals surface area (Å²) in [5.41, 5.74) is 3.02. The topological polar surface area (TPSA) is 56.7 Å². The van der Waals surface area contributed by atoms with E-state index in [1.165, 1.54) is 0 Å². The molecule has 0 aliphatic rings. The summed E-state index contributed by atoms with van der Waals surface area (Å²) in [5, 5.41) is 4.97. The van der Waals surface area contributed by atoms with Gasteiger partial charge in [-0.25, -0.2) is 4.98 Å². The fourth-order valence-electron chi connectivity index (χ4n) is 2.61. The Morgan fingerprint density at radius 2 is 1.84 bits per heavy atom. The van der Waals surface area contributed by atoms with Gasteiger partial charge in [0.2, 0.25) is 11.7 Å². The third kappa shape index (κ3) is 3.21. The Morgan fingerprint density at radius 3 is 2.68 bits per heavy atom. The van der Waals surface area contributed by atoms with Crippen molar-refractivity contribution in [1.82, 2.24) is 19.7 Å². The third-order valence-electron chi connectivity index (χ3n) is 3.76. The van der Waals surface area contributed by atoms with Crippen LogP contribution in [0.3, 0.4) is 0 Å². The number of hydrogen-bond acceptors (Lipinski definition) is 5. The fraction of sp³-hybridized carbons (Fsp3) is 0.105. The van der Waals surface area contributed by atoms with Gasteiger partial charge in [-0.3, -0.25) is 0 Å². The van der Waals surface area contributed by atoms with Crippen LogP contribution in [-0.4, -0.2) is 19.7 Å². The van der Waals surface area contributed by atoms with Crippen molar-refractivity contribution in [2.45, 2.75) is 17.5 Å². The molecule has 0 radical (unpaired) electrons. The third-order valence-corrected chi connectivity index (χ3v) is 4.72.